The second kappa shape index (κ2) is 5.08. The molecule has 0 bridgehead atoms. The molecule has 0 spiro atoms. The van der Waals surface area contributed by atoms with Gasteiger partial charge in [-0.25, -0.2) is 4.79 Å². The SMILES string of the molecule is O=C(NC[C@H](O)C(=O)O)c1ccc[nH]c1=O. The van der Waals surface area contributed by atoms with Gasteiger partial charge in [0.05, 0.1) is 6.54 Å². The van der Waals surface area contributed by atoms with Crippen molar-refractivity contribution in [2.24, 2.45) is 0 Å². The molecule has 16 heavy (non-hydrogen) atoms. The monoisotopic (exact) mass is 226 g/mol. The number of aliphatic hydroxyl groups is 1. The fourth-order valence-electron chi connectivity index (χ4n) is 0.972. The van der Waals surface area contributed by atoms with Gasteiger partial charge in [-0.15, -0.1) is 0 Å². The summed E-state index contributed by atoms with van der Waals surface area (Å²) in [5.41, 5.74) is -0.718. The van der Waals surface area contributed by atoms with E-state index in [9.17, 15) is 14.4 Å². The highest BCUT2D eigenvalue weighted by atomic mass is 16.4. The van der Waals surface area contributed by atoms with Crippen molar-refractivity contribution in [3.63, 3.8) is 0 Å². The molecule has 0 saturated carbocycles. The number of pyridine rings is 1. The van der Waals surface area contributed by atoms with E-state index in [1.165, 1.54) is 18.3 Å². The van der Waals surface area contributed by atoms with E-state index >= 15 is 0 Å². The lowest BCUT2D eigenvalue weighted by atomic mass is 10.2. The predicted octanol–water partition coefficient (Wildman–Crippen LogP) is -1.45. The van der Waals surface area contributed by atoms with E-state index in [4.69, 9.17) is 10.2 Å². The number of aromatic nitrogens is 1. The van der Waals surface area contributed by atoms with Crippen LogP contribution in [0.25, 0.3) is 0 Å². The summed E-state index contributed by atoms with van der Waals surface area (Å²) in [6, 6.07) is 2.76. The van der Waals surface area contributed by atoms with E-state index in [0.29, 0.717) is 0 Å². The Kier molecular flexibility index (Phi) is 3.78. The maximum absolute atomic E-state index is 11.4. The third-order valence-electron chi connectivity index (χ3n) is 1.80. The number of rotatable bonds is 4. The number of amides is 1. The first-order chi connectivity index (χ1) is 7.52. The molecule has 7 nitrogen and oxygen atoms in total. The number of carboxylic acids is 1. The van der Waals surface area contributed by atoms with Crippen LogP contribution in [0.1, 0.15) is 10.4 Å². The van der Waals surface area contributed by atoms with E-state index in [0.717, 1.165) is 0 Å². The highest BCUT2D eigenvalue weighted by Crippen LogP contribution is 1.89. The molecular formula is C9H10N2O5. The van der Waals surface area contributed by atoms with E-state index in [1.54, 1.807) is 0 Å². The fraction of sp³-hybridized carbons (Fsp3) is 0.222. The first-order valence-corrected chi connectivity index (χ1v) is 4.39. The first kappa shape index (κ1) is 11.9. The van der Waals surface area contributed by atoms with Crippen molar-refractivity contribution >= 4 is 11.9 Å². The van der Waals surface area contributed by atoms with Gasteiger partial charge in [0.25, 0.3) is 11.5 Å². The standard InChI is InChI=1S/C9H10N2O5/c12-6(9(15)16)4-11-8(14)5-2-1-3-10-7(5)13/h1-3,6,12H,4H2,(H,10,13)(H,11,14)(H,15,16)/t6-/m0/s1. The highest BCUT2D eigenvalue weighted by molar-refractivity contribution is 5.94. The lowest BCUT2D eigenvalue weighted by Gasteiger charge is -2.06. The molecule has 4 N–H and O–H groups in total. The third kappa shape index (κ3) is 2.92. The Hall–Kier alpha value is -2.15. The van der Waals surface area contributed by atoms with Crippen LogP contribution in [0.3, 0.4) is 0 Å². The van der Waals surface area contributed by atoms with Crippen LogP contribution in [0.2, 0.25) is 0 Å². The van der Waals surface area contributed by atoms with Crippen LogP contribution >= 0.6 is 0 Å². The number of carbonyl (C=O) groups is 2. The van der Waals surface area contributed by atoms with Gasteiger partial charge in [-0.1, -0.05) is 0 Å². The second-order valence-corrected chi connectivity index (χ2v) is 2.98. The van der Waals surface area contributed by atoms with Gasteiger partial charge >= 0.3 is 5.97 Å². The van der Waals surface area contributed by atoms with Gasteiger partial charge in [0, 0.05) is 6.20 Å². The van der Waals surface area contributed by atoms with Crippen molar-refractivity contribution in [2.45, 2.75) is 6.10 Å². The zero-order valence-electron chi connectivity index (χ0n) is 8.14. The van der Waals surface area contributed by atoms with Crippen molar-refractivity contribution in [1.82, 2.24) is 10.3 Å². The van der Waals surface area contributed by atoms with Crippen LogP contribution in [0.4, 0.5) is 0 Å². The summed E-state index contributed by atoms with van der Waals surface area (Å²) in [6.45, 7) is -0.456. The van der Waals surface area contributed by atoms with Crippen molar-refractivity contribution in [3.8, 4) is 0 Å². The molecule has 0 aromatic carbocycles. The summed E-state index contributed by atoms with van der Waals surface area (Å²) in [4.78, 5) is 35.0. The smallest absolute Gasteiger partial charge is 0.334 e. The lowest BCUT2D eigenvalue weighted by Crippen LogP contribution is -2.38. The molecule has 0 aliphatic heterocycles. The Labute approximate surface area is 89.7 Å². The van der Waals surface area contributed by atoms with Crippen LogP contribution < -0.4 is 10.9 Å². The van der Waals surface area contributed by atoms with Gasteiger partial charge in [-0.3, -0.25) is 9.59 Å². The maximum Gasteiger partial charge on any atom is 0.334 e. The Morgan fingerprint density at radius 2 is 2.19 bits per heavy atom. The zero-order valence-corrected chi connectivity index (χ0v) is 8.14. The van der Waals surface area contributed by atoms with Crippen molar-refractivity contribution < 1.29 is 19.8 Å². The van der Waals surface area contributed by atoms with Crippen LogP contribution in [0, 0.1) is 0 Å². The quantitative estimate of drug-likeness (QED) is 0.500. The summed E-state index contributed by atoms with van der Waals surface area (Å²) in [6.07, 6.45) is -0.322. The average molecular weight is 226 g/mol. The number of aliphatic carboxylic acids is 1. The Bertz CT molecular complexity index is 453. The molecule has 0 fully saturated rings. The number of carbonyl (C=O) groups excluding carboxylic acids is 1. The number of aromatic amines is 1. The number of aliphatic hydroxyl groups excluding tert-OH is 1. The maximum atomic E-state index is 11.4. The predicted molar refractivity (Wildman–Crippen MR) is 53.0 cm³/mol. The van der Waals surface area contributed by atoms with Gasteiger partial charge in [0.1, 0.15) is 5.56 Å². The van der Waals surface area contributed by atoms with Gasteiger partial charge in [0.15, 0.2) is 6.10 Å². The molecule has 7 heteroatoms. The minimum Gasteiger partial charge on any atom is -0.479 e. The molecule has 86 valence electrons. The molecular weight excluding hydrogens is 216 g/mol. The minimum absolute atomic E-state index is 0.139. The first-order valence-electron chi connectivity index (χ1n) is 4.39. The van der Waals surface area contributed by atoms with E-state index < -0.39 is 30.1 Å². The summed E-state index contributed by atoms with van der Waals surface area (Å²) < 4.78 is 0. The number of nitrogens with one attached hydrogen (secondary N) is 2. The van der Waals surface area contributed by atoms with Crippen molar-refractivity contribution in [1.29, 1.82) is 0 Å². The van der Waals surface area contributed by atoms with Crippen LogP contribution in [0.15, 0.2) is 23.1 Å². The summed E-state index contributed by atoms with van der Waals surface area (Å²) in [7, 11) is 0. The molecule has 1 aromatic rings. The lowest BCUT2D eigenvalue weighted by molar-refractivity contribution is -0.146. The molecule has 1 aromatic heterocycles. The molecule has 0 saturated heterocycles. The van der Waals surface area contributed by atoms with Gasteiger partial charge in [-0.05, 0) is 12.1 Å². The normalized spacial score (nSPS) is 11.8. The highest BCUT2D eigenvalue weighted by Gasteiger charge is 2.15. The molecule has 1 amide bonds. The molecule has 1 atom stereocenters. The van der Waals surface area contributed by atoms with Crippen LogP contribution in [0.5, 0.6) is 0 Å². The van der Waals surface area contributed by atoms with Crippen LogP contribution in [-0.2, 0) is 4.79 Å². The molecule has 1 rings (SSSR count). The van der Waals surface area contributed by atoms with Crippen LogP contribution in [-0.4, -0.2) is 39.7 Å². The fourth-order valence-corrected chi connectivity index (χ4v) is 0.972. The number of hydrogen-bond acceptors (Lipinski definition) is 4. The Balaban J connectivity index is 2.64. The largest absolute Gasteiger partial charge is 0.479 e. The Morgan fingerprint density at radius 3 is 2.75 bits per heavy atom. The van der Waals surface area contributed by atoms with E-state index in [-0.39, 0.29) is 5.56 Å². The topological polar surface area (TPSA) is 119 Å². The molecule has 0 radical (unpaired) electrons. The molecule has 0 aliphatic carbocycles. The van der Waals surface area contributed by atoms with Crippen molar-refractivity contribution in [3.05, 3.63) is 34.2 Å². The van der Waals surface area contributed by atoms with Gasteiger partial charge in [0.2, 0.25) is 0 Å². The summed E-state index contributed by atoms with van der Waals surface area (Å²) in [5.74, 6) is -2.18. The van der Waals surface area contributed by atoms with E-state index in [1.807, 2.05) is 0 Å². The molecule has 0 unspecified atom stereocenters. The third-order valence-corrected chi connectivity index (χ3v) is 1.80. The Morgan fingerprint density at radius 1 is 1.50 bits per heavy atom. The second-order valence-electron chi connectivity index (χ2n) is 2.98. The average Bonchev–Trinajstić information content (AvgIpc) is 2.25. The summed E-state index contributed by atoms with van der Waals surface area (Å²) >= 11 is 0. The van der Waals surface area contributed by atoms with Crippen molar-refractivity contribution in [2.75, 3.05) is 6.54 Å². The van der Waals surface area contributed by atoms with Gasteiger partial charge in [-0.2, -0.15) is 0 Å². The van der Waals surface area contributed by atoms with Gasteiger partial charge < -0.3 is 20.5 Å². The number of H-pyrrole nitrogens is 1. The number of carboxylic acid groups (broad SMARTS) is 1. The zero-order chi connectivity index (χ0) is 12.1. The molecule has 0 aliphatic rings. The molecule has 1 heterocycles. The minimum atomic E-state index is -1.69. The number of hydrogen-bond donors (Lipinski definition) is 4. The van der Waals surface area contributed by atoms with E-state index in [2.05, 4.69) is 10.3 Å². The summed E-state index contributed by atoms with van der Waals surface area (Å²) in [5, 5.41) is 19.4.